The van der Waals surface area contributed by atoms with Gasteiger partial charge in [-0.1, -0.05) is 47.1 Å². The fraction of sp³-hybridized carbons (Fsp3) is 0.143. The van der Waals surface area contributed by atoms with Crippen molar-refractivity contribution in [3.05, 3.63) is 52.6 Å². The number of halogens is 2. The van der Waals surface area contributed by atoms with Gasteiger partial charge in [0.2, 0.25) is 5.91 Å². The quantitative estimate of drug-likeness (QED) is 0.840. The number of para-hydroxylation sites is 1. The minimum absolute atomic E-state index is 0.148. The van der Waals surface area contributed by atoms with Crippen LogP contribution in [0, 0.1) is 0 Å². The number of nitrogens with zero attached hydrogens (tertiary/aromatic N) is 1. The number of hydrogen-bond acceptors (Lipinski definition) is 3. The van der Waals surface area contributed by atoms with E-state index in [-0.39, 0.29) is 11.2 Å². The van der Waals surface area contributed by atoms with Crippen molar-refractivity contribution in [1.82, 2.24) is 4.98 Å². The molecular formula is C14H12Cl2N2OS. The Balaban J connectivity index is 2.03. The third kappa shape index (κ3) is 3.88. The summed E-state index contributed by atoms with van der Waals surface area (Å²) in [5.41, 5.74) is 0.596. The van der Waals surface area contributed by atoms with Gasteiger partial charge in [0.25, 0.3) is 0 Å². The van der Waals surface area contributed by atoms with Crippen LogP contribution in [0.25, 0.3) is 0 Å². The maximum absolute atomic E-state index is 12.1. The summed E-state index contributed by atoms with van der Waals surface area (Å²) in [4.78, 5) is 16.3. The van der Waals surface area contributed by atoms with Crippen LogP contribution in [-0.2, 0) is 4.79 Å². The minimum Gasteiger partial charge on any atom is -0.324 e. The molecule has 0 fully saturated rings. The highest BCUT2D eigenvalue weighted by molar-refractivity contribution is 8.00. The summed E-state index contributed by atoms with van der Waals surface area (Å²) >= 11 is 13.3. The Hall–Kier alpha value is -1.23. The molecule has 0 bridgehead atoms. The van der Waals surface area contributed by atoms with E-state index in [1.807, 2.05) is 12.1 Å². The fourth-order valence-electron chi connectivity index (χ4n) is 1.48. The van der Waals surface area contributed by atoms with Gasteiger partial charge in [-0.15, -0.1) is 0 Å². The van der Waals surface area contributed by atoms with E-state index in [4.69, 9.17) is 23.2 Å². The second-order valence-electron chi connectivity index (χ2n) is 4.02. The zero-order valence-corrected chi connectivity index (χ0v) is 13.0. The fourth-order valence-corrected chi connectivity index (χ4v) is 2.72. The normalized spacial score (nSPS) is 11.9. The van der Waals surface area contributed by atoms with Gasteiger partial charge in [-0.3, -0.25) is 4.79 Å². The van der Waals surface area contributed by atoms with Crippen molar-refractivity contribution in [1.29, 1.82) is 0 Å². The zero-order valence-electron chi connectivity index (χ0n) is 10.6. The van der Waals surface area contributed by atoms with Gasteiger partial charge in [0.1, 0.15) is 5.03 Å². The number of aromatic nitrogens is 1. The molecule has 20 heavy (non-hydrogen) atoms. The van der Waals surface area contributed by atoms with E-state index in [1.54, 1.807) is 37.4 Å². The number of anilines is 1. The maximum atomic E-state index is 12.1. The largest absolute Gasteiger partial charge is 0.324 e. The van der Waals surface area contributed by atoms with Gasteiger partial charge in [-0.25, -0.2) is 4.98 Å². The summed E-state index contributed by atoms with van der Waals surface area (Å²) in [6, 6.07) is 10.6. The molecule has 1 unspecified atom stereocenters. The number of amides is 1. The first-order chi connectivity index (χ1) is 9.58. The van der Waals surface area contributed by atoms with Crippen LogP contribution in [0.4, 0.5) is 5.69 Å². The number of nitrogens with one attached hydrogen (secondary N) is 1. The van der Waals surface area contributed by atoms with Gasteiger partial charge in [0.05, 0.1) is 21.0 Å². The van der Waals surface area contributed by atoms with Crippen LogP contribution in [-0.4, -0.2) is 16.1 Å². The van der Waals surface area contributed by atoms with Crippen LogP contribution in [0.5, 0.6) is 0 Å². The van der Waals surface area contributed by atoms with Crippen molar-refractivity contribution in [2.75, 3.05) is 5.32 Å². The highest BCUT2D eigenvalue weighted by atomic mass is 35.5. The van der Waals surface area contributed by atoms with Crippen LogP contribution in [0.3, 0.4) is 0 Å². The van der Waals surface area contributed by atoms with Crippen molar-refractivity contribution in [2.24, 2.45) is 0 Å². The lowest BCUT2D eigenvalue weighted by molar-refractivity contribution is -0.115. The van der Waals surface area contributed by atoms with E-state index >= 15 is 0 Å². The van der Waals surface area contributed by atoms with Crippen LogP contribution >= 0.6 is 35.0 Å². The minimum atomic E-state index is -0.335. The molecule has 0 saturated carbocycles. The Morgan fingerprint density at radius 3 is 2.60 bits per heavy atom. The molecule has 2 rings (SSSR count). The molecule has 1 heterocycles. The second-order valence-corrected chi connectivity index (χ2v) is 6.16. The molecule has 0 radical (unpaired) electrons. The first-order valence-electron chi connectivity index (χ1n) is 5.90. The summed E-state index contributed by atoms with van der Waals surface area (Å²) in [5, 5.41) is 4.13. The van der Waals surface area contributed by atoms with E-state index in [0.717, 1.165) is 0 Å². The Bertz CT molecular complexity index is 622. The zero-order chi connectivity index (χ0) is 14.5. The SMILES string of the molecule is CC(Sc1ncccc1Cl)C(=O)Nc1ccccc1Cl. The average molecular weight is 327 g/mol. The molecule has 0 aliphatic rings. The Morgan fingerprint density at radius 1 is 1.20 bits per heavy atom. The highest BCUT2D eigenvalue weighted by Crippen LogP contribution is 2.29. The van der Waals surface area contributed by atoms with Crippen molar-refractivity contribution in [3.8, 4) is 0 Å². The summed E-state index contributed by atoms with van der Waals surface area (Å²) in [7, 11) is 0. The van der Waals surface area contributed by atoms with E-state index in [0.29, 0.717) is 20.8 Å². The van der Waals surface area contributed by atoms with Gasteiger partial charge in [0, 0.05) is 6.20 Å². The lowest BCUT2D eigenvalue weighted by atomic mass is 10.3. The molecule has 0 saturated heterocycles. The predicted octanol–water partition coefficient (Wildman–Crippen LogP) is 4.51. The van der Waals surface area contributed by atoms with Gasteiger partial charge in [-0.05, 0) is 31.2 Å². The molecule has 1 aromatic heterocycles. The van der Waals surface area contributed by atoms with E-state index in [1.165, 1.54) is 11.8 Å². The highest BCUT2D eigenvalue weighted by Gasteiger charge is 2.17. The first kappa shape index (κ1) is 15.2. The molecule has 0 aliphatic carbocycles. The topological polar surface area (TPSA) is 42.0 Å². The van der Waals surface area contributed by atoms with E-state index in [9.17, 15) is 4.79 Å². The molecule has 0 spiro atoms. The summed E-state index contributed by atoms with van der Waals surface area (Å²) in [5.74, 6) is -0.148. The molecule has 1 atom stereocenters. The molecule has 0 aliphatic heterocycles. The number of rotatable bonds is 4. The Labute approximate surface area is 131 Å². The molecule has 3 nitrogen and oxygen atoms in total. The van der Waals surface area contributed by atoms with Gasteiger partial charge >= 0.3 is 0 Å². The number of carbonyl (C=O) groups is 1. The summed E-state index contributed by atoms with van der Waals surface area (Å²) in [6.07, 6.45) is 1.65. The third-order valence-electron chi connectivity index (χ3n) is 2.51. The maximum Gasteiger partial charge on any atom is 0.237 e. The average Bonchev–Trinajstić information content (AvgIpc) is 2.43. The van der Waals surface area contributed by atoms with Crippen molar-refractivity contribution in [2.45, 2.75) is 17.2 Å². The molecular weight excluding hydrogens is 315 g/mol. The number of thioether (sulfide) groups is 1. The standard InChI is InChI=1S/C14H12Cl2N2OS/c1-9(20-14-11(16)6-4-8-17-14)13(19)18-12-7-3-2-5-10(12)15/h2-9H,1H3,(H,18,19). The second kappa shape index (κ2) is 6.97. The van der Waals surface area contributed by atoms with Crippen molar-refractivity contribution in [3.63, 3.8) is 0 Å². The van der Waals surface area contributed by atoms with E-state index in [2.05, 4.69) is 10.3 Å². The molecule has 1 aromatic carbocycles. The van der Waals surface area contributed by atoms with Gasteiger partial charge in [0.15, 0.2) is 0 Å². The number of pyridine rings is 1. The van der Waals surface area contributed by atoms with Crippen molar-refractivity contribution >= 4 is 46.6 Å². The number of benzene rings is 1. The van der Waals surface area contributed by atoms with Crippen LogP contribution in [0.2, 0.25) is 10.0 Å². The summed E-state index contributed by atoms with van der Waals surface area (Å²) in [6.45, 7) is 1.79. The lowest BCUT2D eigenvalue weighted by Crippen LogP contribution is -2.22. The molecule has 104 valence electrons. The summed E-state index contributed by atoms with van der Waals surface area (Å²) < 4.78 is 0. The van der Waals surface area contributed by atoms with Crippen molar-refractivity contribution < 1.29 is 4.79 Å². The predicted molar refractivity (Wildman–Crippen MR) is 84.6 cm³/mol. The molecule has 2 aromatic rings. The van der Waals surface area contributed by atoms with Gasteiger partial charge in [-0.2, -0.15) is 0 Å². The molecule has 6 heteroatoms. The van der Waals surface area contributed by atoms with E-state index < -0.39 is 0 Å². The monoisotopic (exact) mass is 326 g/mol. The van der Waals surface area contributed by atoms with Crippen LogP contribution in [0.15, 0.2) is 47.6 Å². The smallest absolute Gasteiger partial charge is 0.237 e. The number of carbonyl (C=O) groups excluding carboxylic acids is 1. The lowest BCUT2D eigenvalue weighted by Gasteiger charge is -2.12. The Morgan fingerprint density at radius 2 is 1.90 bits per heavy atom. The Kier molecular flexibility index (Phi) is 5.29. The van der Waals surface area contributed by atoms with Crippen LogP contribution < -0.4 is 5.32 Å². The molecule has 1 N–H and O–H groups in total. The number of hydrogen-bond donors (Lipinski definition) is 1. The third-order valence-corrected chi connectivity index (χ3v) is 4.38. The van der Waals surface area contributed by atoms with Crippen LogP contribution in [0.1, 0.15) is 6.92 Å². The molecule has 1 amide bonds. The first-order valence-corrected chi connectivity index (χ1v) is 7.54. The van der Waals surface area contributed by atoms with Gasteiger partial charge < -0.3 is 5.32 Å².